The fourth-order valence-corrected chi connectivity index (χ4v) is 2.28. The van der Waals surface area contributed by atoms with Crippen molar-refractivity contribution in [1.82, 2.24) is 0 Å². The molecule has 0 radical (unpaired) electrons. The van der Waals surface area contributed by atoms with E-state index in [9.17, 15) is 5.11 Å². The number of aliphatic hydroxyl groups is 1. The average molecular weight is 311 g/mol. The zero-order valence-corrected chi connectivity index (χ0v) is 12.7. The lowest BCUT2D eigenvalue weighted by Crippen LogP contribution is -1.98. The Hall–Kier alpha value is -1.22. The van der Waals surface area contributed by atoms with Gasteiger partial charge in [0.05, 0.1) is 6.10 Å². The summed E-state index contributed by atoms with van der Waals surface area (Å²) in [6, 6.07) is 12.8. The molecule has 0 aliphatic rings. The first kappa shape index (κ1) is 15.2. The molecule has 0 aliphatic heterocycles. The summed E-state index contributed by atoms with van der Waals surface area (Å²) in [6.07, 6.45) is 0.274. The monoisotopic (exact) mass is 310 g/mol. The Balaban J connectivity index is 2.00. The van der Waals surface area contributed by atoms with Crippen molar-refractivity contribution in [2.75, 3.05) is 0 Å². The number of benzene rings is 2. The highest BCUT2D eigenvalue weighted by Crippen LogP contribution is 2.24. The van der Waals surface area contributed by atoms with Gasteiger partial charge in [0.2, 0.25) is 0 Å². The molecule has 0 saturated heterocycles. The van der Waals surface area contributed by atoms with Crippen LogP contribution in [0.4, 0.5) is 0 Å². The van der Waals surface area contributed by atoms with Crippen LogP contribution in [0.25, 0.3) is 0 Å². The van der Waals surface area contributed by atoms with E-state index < -0.39 is 6.10 Å². The Morgan fingerprint density at radius 3 is 2.40 bits per heavy atom. The fourth-order valence-electron chi connectivity index (χ4n) is 1.82. The largest absolute Gasteiger partial charge is 0.489 e. The van der Waals surface area contributed by atoms with Crippen LogP contribution < -0.4 is 4.74 Å². The van der Waals surface area contributed by atoms with Crippen molar-refractivity contribution in [3.05, 3.63) is 63.6 Å². The second-order valence-electron chi connectivity index (χ2n) is 4.52. The van der Waals surface area contributed by atoms with Gasteiger partial charge in [-0.3, -0.25) is 0 Å². The number of hydrogen-bond acceptors (Lipinski definition) is 2. The standard InChI is InChI=1S/C16H16Cl2O2/c1-2-16(19)11-4-7-14(8-5-11)20-10-12-3-6-13(17)9-15(12)18/h3-9,16,19H,2,10H2,1H3/t16-/m0/s1. The third kappa shape index (κ3) is 3.89. The maximum atomic E-state index is 9.72. The van der Waals surface area contributed by atoms with Crippen LogP contribution in [0.5, 0.6) is 5.75 Å². The minimum Gasteiger partial charge on any atom is -0.489 e. The Morgan fingerprint density at radius 1 is 1.10 bits per heavy atom. The molecule has 0 bridgehead atoms. The van der Waals surface area contributed by atoms with Crippen LogP contribution in [-0.4, -0.2) is 5.11 Å². The predicted octanol–water partition coefficient (Wildman–Crippen LogP) is 5.02. The molecule has 0 fully saturated rings. The van der Waals surface area contributed by atoms with Gasteiger partial charge in [-0.25, -0.2) is 0 Å². The molecule has 0 spiro atoms. The van der Waals surface area contributed by atoms with E-state index in [2.05, 4.69) is 0 Å². The maximum absolute atomic E-state index is 9.72. The zero-order chi connectivity index (χ0) is 14.5. The summed E-state index contributed by atoms with van der Waals surface area (Å²) in [5, 5.41) is 10.9. The Labute approximate surface area is 128 Å². The van der Waals surface area contributed by atoms with Crippen molar-refractivity contribution in [3.8, 4) is 5.75 Å². The van der Waals surface area contributed by atoms with Crippen LogP contribution >= 0.6 is 23.2 Å². The van der Waals surface area contributed by atoms with E-state index >= 15 is 0 Å². The molecule has 0 aromatic heterocycles. The van der Waals surface area contributed by atoms with E-state index in [-0.39, 0.29) is 0 Å². The van der Waals surface area contributed by atoms with Gasteiger partial charge >= 0.3 is 0 Å². The smallest absolute Gasteiger partial charge is 0.119 e. The molecular formula is C16H16Cl2O2. The molecule has 1 N–H and O–H groups in total. The van der Waals surface area contributed by atoms with Crippen LogP contribution in [0, 0.1) is 0 Å². The summed E-state index contributed by atoms with van der Waals surface area (Å²) in [5.74, 6) is 0.739. The highest BCUT2D eigenvalue weighted by molar-refractivity contribution is 6.35. The Kier molecular flexibility index (Phi) is 5.30. The molecule has 106 valence electrons. The molecule has 0 heterocycles. The molecule has 0 amide bonds. The lowest BCUT2D eigenvalue weighted by Gasteiger charge is -2.11. The number of rotatable bonds is 5. The summed E-state index contributed by atoms with van der Waals surface area (Å²) in [4.78, 5) is 0. The summed E-state index contributed by atoms with van der Waals surface area (Å²) in [6.45, 7) is 2.32. The van der Waals surface area contributed by atoms with Gasteiger partial charge in [-0.1, -0.05) is 48.3 Å². The lowest BCUT2D eigenvalue weighted by molar-refractivity contribution is 0.173. The summed E-state index contributed by atoms with van der Waals surface area (Å²) < 4.78 is 5.67. The molecule has 2 aromatic carbocycles. The molecule has 0 aliphatic carbocycles. The molecule has 2 aromatic rings. The number of halogens is 2. The minimum absolute atomic E-state index is 0.381. The van der Waals surface area contributed by atoms with Gasteiger partial charge in [0.1, 0.15) is 12.4 Å². The van der Waals surface area contributed by atoms with Crippen LogP contribution in [-0.2, 0) is 6.61 Å². The van der Waals surface area contributed by atoms with E-state index in [4.69, 9.17) is 27.9 Å². The first-order valence-corrected chi connectivity index (χ1v) is 7.20. The second-order valence-corrected chi connectivity index (χ2v) is 5.36. The van der Waals surface area contributed by atoms with E-state index in [1.807, 2.05) is 37.3 Å². The van der Waals surface area contributed by atoms with Crippen molar-refractivity contribution < 1.29 is 9.84 Å². The summed E-state index contributed by atoms with van der Waals surface area (Å²) >= 11 is 11.9. The predicted molar refractivity (Wildman–Crippen MR) is 82.5 cm³/mol. The summed E-state index contributed by atoms with van der Waals surface area (Å²) in [7, 11) is 0. The van der Waals surface area contributed by atoms with Gasteiger partial charge in [0.15, 0.2) is 0 Å². The van der Waals surface area contributed by atoms with Crippen molar-refractivity contribution in [3.63, 3.8) is 0 Å². The van der Waals surface area contributed by atoms with Crippen LogP contribution in [0.1, 0.15) is 30.6 Å². The van der Waals surface area contributed by atoms with E-state index in [0.717, 1.165) is 16.9 Å². The van der Waals surface area contributed by atoms with Gasteiger partial charge in [0, 0.05) is 15.6 Å². The van der Waals surface area contributed by atoms with Gasteiger partial charge in [-0.2, -0.15) is 0 Å². The molecule has 0 saturated carbocycles. The van der Waals surface area contributed by atoms with Crippen molar-refractivity contribution in [1.29, 1.82) is 0 Å². The maximum Gasteiger partial charge on any atom is 0.119 e. The van der Waals surface area contributed by atoms with Crippen molar-refractivity contribution in [2.24, 2.45) is 0 Å². The number of ether oxygens (including phenoxy) is 1. The topological polar surface area (TPSA) is 29.5 Å². The van der Waals surface area contributed by atoms with E-state index in [1.165, 1.54) is 0 Å². The van der Waals surface area contributed by atoms with Crippen molar-refractivity contribution >= 4 is 23.2 Å². The summed E-state index contributed by atoms with van der Waals surface area (Å²) in [5.41, 5.74) is 1.78. The molecule has 2 rings (SSSR count). The molecule has 20 heavy (non-hydrogen) atoms. The van der Waals surface area contributed by atoms with Gasteiger partial charge in [0.25, 0.3) is 0 Å². The molecule has 2 nitrogen and oxygen atoms in total. The highest BCUT2D eigenvalue weighted by atomic mass is 35.5. The van der Waals surface area contributed by atoms with E-state index in [0.29, 0.717) is 23.1 Å². The van der Waals surface area contributed by atoms with Crippen LogP contribution in [0.15, 0.2) is 42.5 Å². The number of hydrogen-bond donors (Lipinski definition) is 1. The Bertz CT molecular complexity index is 567. The van der Waals surface area contributed by atoms with Gasteiger partial charge in [-0.05, 0) is 36.2 Å². The first-order valence-electron chi connectivity index (χ1n) is 6.45. The quantitative estimate of drug-likeness (QED) is 0.840. The zero-order valence-electron chi connectivity index (χ0n) is 11.1. The highest BCUT2D eigenvalue weighted by Gasteiger charge is 2.05. The van der Waals surface area contributed by atoms with Crippen LogP contribution in [0.3, 0.4) is 0 Å². The SMILES string of the molecule is CC[C@H](O)c1ccc(OCc2ccc(Cl)cc2Cl)cc1. The third-order valence-corrected chi connectivity index (χ3v) is 3.65. The molecule has 4 heteroatoms. The average Bonchev–Trinajstić information content (AvgIpc) is 2.46. The molecule has 0 unspecified atom stereocenters. The minimum atomic E-state index is -0.422. The number of aliphatic hydroxyl groups excluding tert-OH is 1. The van der Waals surface area contributed by atoms with E-state index in [1.54, 1.807) is 12.1 Å². The van der Waals surface area contributed by atoms with Crippen LogP contribution in [0.2, 0.25) is 10.0 Å². The Morgan fingerprint density at radius 2 is 1.80 bits per heavy atom. The first-order chi connectivity index (χ1) is 9.60. The fraction of sp³-hybridized carbons (Fsp3) is 0.250. The molecule has 1 atom stereocenters. The second kappa shape index (κ2) is 6.98. The van der Waals surface area contributed by atoms with Gasteiger partial charge < -0.3 is 9.84 Å². The van der Waals surface area contributed by atoms with Crippen molar-refractivity contribution in [2.45, 2.75) is 26.1 Å². The lowest BCUT2D eigenvalue weighted by atomic mass is 10.1. The molecular weight excluding hydrogens is 295 g/mol. The third-order valence-electron chi connectivity index (χ3n) is 3.06. The normalized spacial score (nSPS) is 12.2. The van der Waals surface area contributed by atoms with Gasteiger partial charge in [-0.15, -0.1) is 0 Å².